The number of ether oxygens (including phenoxy) is 2. The van der Waals surface area contributed by atoms with Crippen molar-refractivity contribution in [2.75, 3.05) is 13.2 Å². The lowest BCUT2D eigenvalue weighted by Crippen LogP contribution is -2.28. The maximum absolute atomic E-state index is 12.9. The van der Waals surface area contributed by atoms with E-state index in [2.05, 4.69) is 0 Å². The highest BCUT2D eigenvalue weighted by Crippen LogP contribution is 2.20. The second kappa shape index (κ2) is 7.46. The molecule has 1 aromatic rings. The normalized spacial score (nSPS) is 14.8. The van der Waals surface area contributed by atoms with Crippen LogP contribution in [0.2, 0.25) is 0 Å². The minimum Gasteiger partial charge on any atom is -0.376 e. The molecule has 0 saturated heterocycles. The summed E-state index contributed by atoms with van der Waals surface area (Å²) in [5.74, 6) is -0.259. The predicted molar refractivity (Wildman–Crippen MR) is 69.8 cm³/mol. The molecule has 4 heteroatoms. The van der Waals surface area contributed by atoms with Gasteiger partial charge in [-0.05, 0) is 38.5 Å². The van der Waals surface area contributed by atoms with Gasteiger partial charge in [0.1, 0.15) is 5.82 Å². The SMILES string of the molecule is CC(C)OCCOC(c1ccc(F)cc1)C(C)N. The van der Waals surface area contributed by atoms with Crippen LogP contribution < -0.4 is 5.73 Å². The Morgan fingerprint density at radius 2 is 1.61 bits per heavy atom. The smallest absolute Gasteiger partial charge is 0.123 e. The Kier molecular flexibility index (Phi) is 6.25. The number of rotatable bonds is 7. The average Bonchev–Trinajstić information content (AvgIpc) is 2.30. The monoisotopic (exact) mass is 255 g/mol. The summed E-state index contributed by atoms with van der Waals surface area (Å²) < 4.78 is 24.0. The predicted octanol–water partition coefficient (Wildman–Crippen LogP) is 2.66. The van der Waals surface area contributed by atoms with E-state index >= 15 is 0 Å². The topological polar surface area (TPSA) is 44.5 Å². The Morgan fingerprint density at radius 1 is 1.06 bits per heavy atom. The van der Waals surface area contributed by atoms with Gasteiger partial charge in [0.25, 0.3) is 0 Å². The molecule has 0 spiro atoms. The zero-order valence-electron chi connectivity index (χ0n) is 11.2. The van der Waals surface area contributed by atoms with E-state index in [0.29, 0.717) is 13.2 Å². The summed E-state index contributed by atoms with van der Waals surface area (Å²) in [6, 6.07) is 6.07. The molecule has 2 N–H and O–H groups in total. The van der Waals surface area contributed by atoms with E-state index in [4.69, 9.17) is 15.2 Å². The summed E-state index contributed by atoms with van der Waals surface area (Å²) >= 11 is 0. The number of halogens is 1. The molecule has 2 unspecified atom stereocenters. The Bertz CT molecular complexity index is 338. The molecule has 3 nitrogen and oxygen atoms in total. The van der Waals surface area contributed by atoms with Gasteiger partial charge in [-0.2, -0.15) is 0 Å². The molecule has 102 valence electrons. The molecular formula is C14H22FNO2. The third-order valence-corrected chi connectivity index (χ3v) is 2.51. The summed E-state index contributed by atoms with van der Waals surface area (Å²) in [6.45, 7) is 6.83. The molecule has 18 heavy (non-hydrogen) atoms. The van der Waals surface area contributed by atoms with Gasteiger partial charge in [-0.1, -0.05) is 12.1 Å². The van der Waals surface area contributed by atoms with E-state index in [0.717, 1.165) is 5.56 Å². The molecule has 0 aliphatic heterocycles. The molecule has 0 radical (unpaired) electrons. The second-order valence-electron chi connectivity index (χ2n) is 4.62. The minimum absolute atomic E-state index is 0.158. The first-order valence-electron chi connectivity index (χ1n) is 6.25. The van der Waals surface area contributed by atoms with Gasteiger partial charge < -0.3 is 15.2 Å². The molecule has 2 atom stereocenters. The number of hydrogen-bond donors (Lipinski definition) is 1. The molecule has 0 fully saturated rings. The van der Waals surface area contributed by atoms with Crippen molar-refractivity contribution in [3.63, 3.8) is 0 Å². The van der Waals surface area contributed by atoms with Crippen LogP contribution in [0.25, 0.3) is 0 Å². The molecule has 0 saturated carbocycles. The lowest BCUT2D eigenvalue weighted by Gasteiger charge is -2.22. The summed E-state index contributed by atoms with van der Waals surface area (Å²) in [6.07, 6.45) is -0.0467. The van der Waals surface area contributed by atoms with Crippen LogP contribution >= 0.6 is 0 Å². The van der Waals surface area contributed by atoms with Crippen molar-refractivity contribution >= 4 is 0 Å². The Morgan fingerprint density at radius 3 is 2.11 bits per heavy atom. The molecule has 0 aliphatic rings. The van der Waals surface area contributed by atoms with Crippen molar-refractivity contribution in [1.29, 1.82) is 0 Å². The van der Waals surface area contributed by atoms with Gasteiger partial charge in [-0.15, -0.1) is 0 Å². The van der Waals surface area contributed by atoms with E-state index in [1.807, 2.05) is 20.8 Å². The fourth-order valence-electron chi connectivity index (χ4n) is 1.66. The van der Waals surface area contributed by atoms with Crippen molar-refractivity contribution in [1.82, 2.24) is 0 Å². The average molecular weight is 255 g/mol. The molecule has 1 aromatic carbocycles. The van der Waals surface area contributed by atoms with E-state index in [-0.39, 0.29) is 24.1 Å². The Balaban J connectivity index is 2.52. The summed E-state index contributed by atoms with van der Waals surface area (Å²) in [5, 5.41) is 0. The molecule has 0 amide bonds. The lowest BCUT2D eigenvalue weighted by molar-refractivity contribution is -0.0201. The molecule has 0 heterocycles. The van der Waals surface area contributed by atoms with Gasteiger partial charge in [-0.3, -0.25) is 0 Å². The van der Waals surface area contributed by atoms with Gasteiger partial charge in [0.15, 0.2) is 0 Å². The van der Waals surface area contributed by atoms with E-state index < -0.39 is 0 Å². The standard InChI is InChI=1S/C14H22FNO2/c1-10(2)17-8-9-18-14(11(3)16)12-4-6-13(15)7-5-12/h4-7,10-11,14H,8-9,16H2,1-3H3. The first-order chi connectivity index (χ1) is 8.50. The molecule has 0 bridgehead atoms. The van der Waals surface area contributed by atoms with Gasteiger partial charge in [0, 0.05) is 6.04 Å². The second-order valence-corrected chi connectivity index (χ2v) is 4.62. The quantitative estimate of drug-likeness (QED) is 0.762. The highest BCUT2D eigenvalue weighted by molar-refractivity contribution is 5.19. The summed E-state index contributed by atoms with van der Waals surface area (Å²) in [5.41, 5.74) is 6.77. The van der Waals surface area contributed by atoms with Crippen molar-refractivity contribution in [3.05, 3.63) is 35.6 Å². The van der Waals surface area contributed by atoms with Crippen molar-refractivity contribution in [3.8, 4) is 0 Å². The van der Waals surface area contributed by atoms with Crippen LogP contribution in [0.3, 0.4) is 0 Å². The maximum Gasteiger partial charge on any atom is 0.123 e. The molecular weight excluding hydrogens is 233 g/mol. The first kappa shape index (κ1) is 15.1. The fraction of sp³-hybridized carbons (Fsp3) is 0.571. The van der Waals surface area contributed by atoms with Crippen molar-refractivity contribution in [2.24, 2.45) is 5.73 Å². The van der Waals surface area contributed by atoms with E-state index in [9.17, 15) is 4.39 Å². The highest BCUT2D eigenvalue weighted by Gasteiger charge is 2.16. The van der Waals surface area contributed by atoms with Crippen molar-refractivity contribution < 1.29 is 13.9 Å². The third kappa shape index (κ3) is 5.12. The van der Waals surface area contributed by atoms with Crippen LogP contribution in [0, 0.1) is 5.82 Å². The molecule has 0 aliphatic carbocycles. The lowest BCUT2D eigenvalue weighted by atomic mass is 10.0. The van der Waals surface area contributed by atoms with E-state index in [1.165, 1.54) is 12.1 Å². The van der Waals surface area contributed by atoms with Crippen LogP contribution in [0.4, 0.5) is 4.39 Å². The number of nitrogens with two attached hydrogens (primary N) is 1. The third-order valence-electron chi connectivity index (χ3n) is 2.51. The zero-order chi connectivity index (χ0) is 13.5. The van der Waals surface area contributed by atoms with Gasteiger partial charge >= 0.3 is 0 Å². The first-order valence-corrected chi connectivity index (χ1v) is 6.25. The highest BCUT2D eigenvalue weighted by atomic mass is 19.1. The Labute approximate surface area is 108 Å². The summed E-state index contributed by atoms with van der Waals surface area (Å²) in [4.78, 5) is 0. The fourth-order valence-corrected chi connectivity index (χ4v) is 1.66. The van der Waals surface area contributed by atoms with Crippen LogP contribution in [0.5, 0.6) is 0 Å². The van der Waals surface area contributed by atoms with Crippen LogP contribution in [-0.4, -0.2) is 25.4 Å². The van der Waals surface area contributed by atoms with Crippen molar-refractivity contribution in [2.45, 2.75) is 39.0 Å². The van der Waals surface area contributed by atoms with Gasteiger partial charge in [0.05, 0.1) is 25.4 Å². The van der Waals surface area contributed by atoms with Crippen LogP contribution in [0.1, 0.15) is 32.4 Å². The minimum atomic E-state index is -0.259. The number of benzene rings is 1. The molecule has 1 rings (SSSR count). The van der Waals surface area contributed by atoms with E-state index in [1.54, 1.807) is 12.1 Å². The van der Waals surface area contributed by atoms with Gasteiger partial charge in [0.2, 0.25) is 0 Å². The maximum atomic E-state index is 12.9. The number of hydrogen-bond acceptors (Lipinski definition) is 3. The van der Waals surface area contributed by atoms with Crippen LogP contribution in [0.15, 0.2) is 24.3 Å². The largest absolute Gasteiger partial charge is 0.376 e. The van der Waals surface area contributed by atoms with Crippen LogP contribution in [-0.2, 0) is 9.47 Å². The molecule has 0 aromatic heterocycles. The summed E-state index contributed by atoms with van der Waals surface area (Å²) in [7, 11) is 0. The Hall–Kier alpha value is -0.970. The van der Waals surface area contributed by atoms with Gasteiger partial charge in [-0.25, -0.2) is 4.39 Å². The zero-order valence-corrected chi connectivity index (χ0v) is 11.2.